The molecule has 0 aromatic heterocycles. The number of carbonyl (C=O) groups is 2. The van der Waals surface area contributed by atoms with Gasteiger partial charge in [-0.05, 0) is 25.7 Å². The fourth-order valence-electron chi connectivity index (χ4n) is 4.43. The Labute approximate surface area is 219 Å². The van der Waals surface area contributed by atoms with Crippen LogP contribution in [0.2, 0.25) is 0 Å². The second-order valence-corrected chi connectivity index (χ2v) is 10.5. The maximum absolute atomic E-state index is 12.0. The van der Waals surface area contributed by atoms with Gasteiger partial charge in [-0.1, -0.05) is 123 Å². The summed E-state index contributed by atoms with van der Waals surface area (Å²) in [5.74, 6) is 0.239. The van der Waals surface area contributed by atoms with E-state index in [0.29, 0.717) is 13.0 Å². The number of hydrogen-bond donors (Lipinski definition) is 2. The summed E-state index contributed by atoms with van der Waals surface area (Å²) in [7, 11) is 1.89. The zero-order chi connectivity index (χ0) is 25.8. The van der Waals surface area contributed by atoms with Crippen molar-refractivity contribution in [1.82, 2.24) is 15.5 Å². The molecular weight excluding hydrogens is 434 g/mol. The Morgan fingerprint density at radius 3 is 1.31 bits per heavy atom. The molecule has 208 valence electrons. The molecule has 2 N–H and O–H groups in total. The van der Waals surface area contributed by atoms with Crippen LogP contribution in [0.3, 0.4) is 0 Å². The van der Waals surface area contributed by atoms with E-state index in [0.717, 1.165) is 51.6 Å². The average Bonchev–Trinajstić information content (AvgIpc) is 2.86. The molecule has 0 spiro atoms. The normalized spacial score (nSPS) is 10.9. The number of nitrogens with zero attached hydrogens (tertiary/aromatic N) is 1. The van der Waals surface area contributed by atoms with Gasteiger partial charge in [0.15, 0.2) is 0 Å². The van der Waals surface area contributed by atoms with Crippen LogP contribution in [0.15, 0.2) is 0 Å². The minimum atomic E-state index is -0.0543. The largest absolute Gasteiger partial charge is 0.346 e. The second kappa shape index (κ2) is 27.3. The Balaban J connectivity index is 3.26. The summed E-state index contributed by atoms with van der Waals surface area (Å²) in [6.45, 7) is 6.73. The number of carbonyl (C=O) groups excluding carboxylic acids is 2. The van der Waals surface area contributed by atoms with Crippen molar-refractivity contribution in [3.8, 4) is 0 Å². The molecule has 0 aliphatic carbocycles. The topological polar surface area (TPSA) is 61.4 Å². The molecule has 5 nitrogen and oxygen atoms in total. The molecule has 5 heteroatoms. The molecule has 0 aliphatic rings. The van der Waals surface area contributed by atoms with Gasteiger partial charge in [0.05, 0.1) is 0 Å². The molecule has 0 bridgehead atoms. The summed E-state index contributed by atoms with van der Waals surface area (Å²) in [6, 6.07) is -0.0543. The summed E-state index contributed by atoms with van der Waals surface area (Å²) in [5.41, 5.74) is 0. The molecule has 0 aromatic rings. The van der Waals surface area contributed by atoms with Crippen LogP contribution in [0.5, 0.6) is 0 Å². The Hall–Kier alpha value is -1.26. The van der Waals surface area contributed by atoms with Crippen LogP contribution in [-0.2, 0) is 4.79 Å². The standard InChI is InChI=1S/C30H61N3O2/c1-4-6-8-9-10-11-12-13-14-15-16-17-18-19-20-23-26-31-30(35)32-27-24-21-22-25-29(34)33(3)28-7-5-2/h4-28H2,1-3H3,(H2,31,32,35). The first-order valence-electron chi connectivity index (χ1n) is 15.4. The van der Waals surface area contributed by atoms with Crippen molar-refractivity contribution in [3.05, 3.63) is 0 Å². The fourth-order valence-corrected chi connectivity index (χ4v) is 4.43. The quantitative estimate of drug-likeness (QED) is 0.118. The lowest BCUT2D eigenvalue weighted by Gasteiger charge is -2.16. The SMILES string of the molecule is CCCCCCCCCCCCCCCCCCNC(=O)NCCCCCC(=O)N(C)CCCC. The summed E-state index contributed by atoms with van der Waals surface area (Å²) < 4.78 is 0. The molecule has 0 atom stereocenters. The van der Waals surface area contributed by atoms with Crippen molar-refractivity contribution in [3.63, 3.8) is 0 Å². The third kappa shape index (κ3) is 25.6. The molecule has 0 aromatic carbocycles. The summed E-state index contributed by atoms with van der Waals surface area (Å²) in [6.07, 6.45) is 27.5. The predicted molar refractivity (Wildman–Crippen MR) is 152 cm³/mol. The van der Waals surface area contributed by atoms with E-state index in [1.54, 1.807) is 0 Å². The summed E-state index contributed by atoms with van der Waals surface area (Å²) >= 11 is 0. The average molecular weight is 496 g/mol. The molecular formula is C30H61N3O2. The maximum atomic E-state index is 12.0. The molecule has 0 rings (SSSR count). The molecule has 3 amide bonds. The van der Waals surface area contributed by atoms with Crippen LogP contribution >= 0.6 is 0 Å². The highest BCUT2D eigenvalue weighted by Crippen LogP contribution is 2.13. The Morgan fingerprint density at radius 2 is 0.886 bits per heavy atom. The molecule has 0 saturated carbocycles. The van der Waals surface area contributed by atoms with Crippen LogP contribution in [0.25, 0.3) is 0 Å². The minimum Gasteiger partial charge on any atom is -0.346 e. The third-order valence-corrected chi connectivity index (χ3v) is 6.94. The molecule has 0 fully saturated rings. The van der Waals surface area contributed by atoms with E-state index in [-0.39, 0.29) is 11.9 Å². The highest BCUT2D eigenvalue weighted by Gasteiger charge is 2.07. The number of hydrogen-bond acceptors (Lipinski definition) is 2. The summed E-state index contributed by atoms with van der Waals surface area (Å²) in [5, 5.41) is 5.90. The van der Waals surface area contributed by atoms with Crippen molar-refractivity contribution in [2.75, 3.05) is 26.7 Å². The smallest absolute Gasteiger partial charge is 0.314 e. The highest BCUT2D eigenvalue weighted by atomic mass is 16.2. The van der Waals surface area contributed by atoms with Crippen LogP contribution in [-0.4, -0.2) is 43.5 Å². The van der Waals surface area contributed by atoms with Gasteiger partial charge in [-0.15, -0.1) is 0 Å². The molecule has 35 heavy (non-hydrogen) atoms. The summed E-state index contributed by atoms with van der Waals surface area (Å²) in [4.78, 5) is 25.7. The predicted octanol–water partition coefficient (Wildman–Crippen LogP) is 8.37. The second-order valence-electron chi connectivity index (χ2n) is 10.5. The molecule has 0 radical (unpaired) electrons. The van der Waals surface area contributed by atoms with Gasteiger partial charge < -0.3 is 15.5 Å². The number of amides is 3. The van der Waals surface area contributed by atoms with Gasteiger partial charge in [0, 0.05) is 33.1 Å². The molecule has 0 heterocycles. The first-order valence-corrected chi connectivity index (χ1v) is 15.4. The van der Waals surface area contributed by atoms with Gasteiger partial charge in [0.1, 0.15) is 0 Å². The Morgan fingerprint density at radius 1 is 0.514 bits per heavy atom. The molecule has 0 aliphatic heterocycles. The lowest BCUT2D eigenvalue weighted by Crippen LogP contribution is -2.36. The Kier molecular flexibility index (Phi) is 26.3. The van der Waals surface area contributed by atoms with Gasteiger partial charge in [-0.25, -0.2) is 4.79 Å². The van der Waals surface area contributed by atoms with E-state index in [1.807, 2.05) is 11.9 Å². The third-order valence-electron chi connectivity index (χ3n) is 6.94. The highest BCUT2D eigenvalue weighted by molar-refractivity contribution is 5.75. The van der Waals surface area contributed by atoms with E-state index < -0.39 is 0 Å². The van der Waals surface area contributed by atoms with Crippen molar-refractivity contribution in [2.45, 2.75) is 155 Å². The van der Waals surface area contributed by atoms with Crippen molar-refractivity contribution in [1.29, 1.82) is 0 Å². The van der Waals surface area contributed by atoms with Crippen LogP contribution < -0.4 is 10.6 Å². The van der Waals surface area contributed by atoms with E-state index in [1.165, 1.54) is 96.3 Å². The first-order chi connectivity index (χ1) is 17.1. The first kappa shape index (κ1) is 33.7. The van der Waals surface area contributed by atoms with Crippen molar-refractivity contribution in [2.24, 2.45) is 0 Å². The number of unbranched alkanes of at least 4 members (excludes halogenated alkanes) is 18. The van der Waals surface area contributed by atoms with Crippen molar-refractivity contribution < 1.29 is 9.59 Å². The van der Waals surface area contributed by atoms with Crippen LogP contribution in [0.1, 0.15) is 155 Å². The van der Waals surface area contributed by atoms with Crippen LogP contribution in [0.4, 0.5) is 4.79 Å². The number of urea groups is 1. The van der Waals surface area contributed by atoms with E-state index >= 15 is 0 Å². The van der Waals surface area contributed by atoms with Crippen LogP contribution in [0, 0.1) is 0 Å². The van der Waals surface area contributed by atoms with E-state index in [4.69, 9.17) is 0 Å². The Bertz CT molecular complexity index is 471. The van der Waals surface area contributed by atoms with E-state index in [2.05, 4.69) is 24.5 Å². The molecule has 0 saturated heterocycles. The van der Waals surface area contributed by atoms with Gasteiger partial charge in [-0.2, -0.15) is 0 Å². The fraction of sp³-hybridized carbons (Fsp3) is 0.933. The molecule has 0 unspecified atom stereocenters. The lowest BCUT2D eigenvalue weighted by atomic mass is 10.0. The number of nitrogens with one attached hydrogen (secondary N) is 2. The lowest BCUT2D eigenvalue weighted by molar-refractivity contribution is -0.130. The van der Waals surface area contributed by atoms with Gasteiger partial charge >= 0.3 is 6.03 Å². The number of rotatable bonds is 26. The van der Waals surface area contributed by atoms with Crippen molar-refractivity contribution >= 4 is 11.9 Å². The van der Waals surface area contributed by atoms with Gasteiger partial charge in [-0.3, -0.25) is 4.79 Å². The van der Waals surface area contributed by atoms with E-state index in [9.17, 15) is 9.59 Å². The van der Waals surface area contributed by atoms with Gasteiger partial charge in [0.25, 0.3) is 0 Å². The monoisotopic (exact) mass is 495 g/mol. The van der Waals surface area contributed by atoms with Gasteiger partial charge in [0.2, 0.25) is 5.91 Å². The maximum Gasteiger partial charge on any atom is 0.314 e. The zero-order valence-electron chi connectivity index (χ0n) is 23.9. The minimum absolute atomic E-state index is 0.0543. The zero-order valence-corrected chi connectivity index (χ0v) is 23.9.